The molecule has 2 aromatic heterocycles. The number of fused-ring (bicyclic) bond motifs is 2. The number of benzene rings is 2. The molecule has 12 nitrogen and oxygen atoms in total. The van der Waals surface area contributed by atoms with Crippen molar-refractivity contribution in [2.45, 2.75) is 13.1 Å². The second-order valence-electron chi connectivity index (χ2n) is 7.35. The van der Waals surface area contributed by atoms with E-state index in [0.29, 0.717) is 45.1 Å². The van der Waals surface area contributed by atoms with Crippen LogP contribution in [0, 0.1) is 6.92 Å². The molecule has 0 spiro atoms. The summed E-state index contributed by atoms with van der Waals surface area (Å²) in [5.74, 6) is -0.609. The molecule has 0 aliphatic heterocycles. The van der Waals surface area contributed by atoms with Crippen molar-refractivity contribution in [2.75, 3.05) is 33.8 Å². The first kappa shape index (κ1) is 27.8. The summed E-state index contributed by atoms with van der Waals surface area (Å²) < 4.78 is 53.2. The van der Waals surface area contributed by atoms with Crippen molar-refractivity contribution in [1.29, 1.82) is 0 Å². The Hall–Kier alpha value is -4.82. The van der Waals surface area contributed by atoms with Gasteiger partial charge in [-0.3, -0.25) is 5.32 Å². The second-order valence-corrected chi connectivity index (χ2v) is 7.35. The normalized spacial score (nSPS) is 10.9. The lowest BCUT2D eigenvalue weighted by Gasteiger charge is -2.13. The predicted molar refractivity (Wildman–Crippen MR) is 129 cm³/mol. The Labute approximate surface area is 213 Å². The molecule has 2 heterocycles. The zero-order valence-electron chi connectivity index (χ0n) is 20.7. The molecule has 4 aromatic rings. The molecule has 0 fully saturated rings. The fraction of sp³-hybridized carbons (Fsp3) is 0.261. The van der Waals surface area contributed by atoms with E-state index in [0.717, 1.165) is 5.39 Å². The molecule has 38 heavy (non-hydrogen) atoms. The molecule has 202 valence electrons. The predicted octanol–water partition coefficient (Wildman–Crippen LogP) is 4.00. The zero-order chi connectivity index (χ0) is 28.2. The molecule has 0 saturated carbocycles. The molecule has 0 unspecified atom stereocenters. The topological polar surface area (TPSA) is 158 Å². The van der Waals surface area contributed by atoms with Gasteiger partial charge in [-0.15, -0.1) is 0 Å². The molecule has 0 atom stereocenters. The van der Waals surface area contributed by atoms with Crippen molar-refractivity contribution < 1.29 is 47.1 Å². The molecular weight excluding hydrogens is 515 g/mol. The maximum atomic E-state index is 10.6. The number of methoxy groups -OCH3 is 4. The number of hydrogen-bond acceptors (Lipinski definition) is 11. The highest BCUT2D eigenvalue weighted by Gasteiger charge is 2.38. The second kappa shape index (κ2) is 11.1. The molecule has 0 radical (unpaired) electrons. The van der Waals surface area contributed by atoms with Crippen molar-refractivity contribution >= 4 is 39.7 Å². The molecule has 15 heteroatoms. The van der Waals surface area contributed by atoms with Crippen LogP contribution in [-0.2, 0) is 4.79 Å². The van der Waals surface area contributed by atoms with Crippen LogP contribution in [0.4, 0.5) is 25.1 Å². The van der Waals surface area contributed by atoms with E-state index in [-0.39, 0.29) is 17.8 Å². The van der Waals surface area contributed by atoms with Gasteiger partial charge in [0.15, 0.2) is 0 Å². The highest BCUT2D eigenvalue weighted by molar-refractivity contribution is 5.95. The van der Waals surface area contributed by atoms with Crippen LogP contribution in [0.5, 0.6) is 28.9 Å². The number of carbonyl (C=O) groups is 1. The lowest BCUT2D eigenvalue weighted by molar-refractivity contribution is -0.192. The van der Waals surface area contributed by atoms with Gasteiger partial charge in [-0.05, 0) is 25.1 Å². The van der Waals surface area contributed by atoms with Crippen molar-refractivity contribution in [3.63, 3.8) is 0 Å². The number of anilines is 2. The molecule has 0 bridgehead atoms. The Balaban J connectivity index is 0.000000505. The van der Waals surface area contributed by atoms with Gasteiger partial charge in [-0.25, -0.2) is 19.7 Å². The summed E-state index contributed by atoms with van der Waals surface area (Å²) in [6.45, 7) is 1.85. The van der Waals surface area contributed by atoms with Crippen molar-refractivity contribution in [3.8, 4) is 28.9 Å². The lowest BCUT2D eigenvalue weighted by atomic mass is 10.1. The average molecular weight is 537 g/mol. The third-order valence-electron chi connectivity index (χ3n) is 5.05. The molecule has 2 aromatic carbocycles. The molecule has 4 rings (SSSR count). The summed E-state index contributed by atoms with van der Waals surface area (Å²) >= 11 is 0. The maximum Gasteiger partial charge on any atom is 0.490 e. The summed E-state index contributed by atoms with van der Waals surface area (Å²) in [5.41, 5.74) is 1.69. The van der Waals surface area contributed by atoms with Crippen LogP contribution in [0.1, 0.15) is 5.69 Å². The standard InChI is InChI=1S/C21H21N5O5.C2HF3O2/c1-10-12-8-11(28-2)9-15(31-5)17(12)23-20(22-10)26-21-24-18-14(30-4)7-6-13(29-3)16(18)19(27)25-21;3-2(4,5)1(6)7/h6-9H,1-5H3,(H2,22,23,24,25,26,27);(H,6,7). The summed E-state index contributed by atoms with van der Waals surface area (Å²) in [4.78, 5) is 26.5. The van der Waals surface area contributed by atoms with Gasteiger partial charge >= 0.3 is 12.1 Å². The van der Waals surface area contributed by atoms with Gasteiger partial charge in [0.2, 0.25) is 17.8 Å². The van der Waals surface area contributed by atoms with Gasteiger partial charge in [0.25, 0.3) is 0 Å². The minimum absolute atomic E-state index is 0.0998. The van der Waals surface area contributed by atoms with Gasteiger partial charge in [0.1, 0.15) is 39.4 Å². The van der Waals surface area contributed by atoms with Crippen LogP contribution in [0.3, 0.4) is 0 Å². The number of hydrogen-bond donors (Lipinski definition) is 3. The number of aliphatic carboxylic acids is 1. The molecule has 0 amide bonds. The summed E-state index contributed by atoms with van der Waals surface area (Å²) in [7, 11) is 6.16. The minimum atomic E-state index is -5.08. The third-order valence-corrected chi connectivity index (χ3v) is 5.05. The van der Waals surface area contributed by atoms with Gasteiger partial charge in [0.05, 0.1) is 34.1 Å². The number of carboxylic acid groups (broad SMARTS) is 1. The largest absolute Gasteiger partial charge is 0.497 e. The first-order chi connectivity index (χ1) is 17.9. The number of carboxylic acids is 1. The van der Waals surface area contributed by atoms with E-state index in [4.69, 9.17) is 28.8 Å². The highest BCUT2D eigenvalue weighted by Crippen LogP contribution is 2.38. The average Bonchev–Trinajstić information content (AvgIpc) is 2.87. The number of rotatable bonds is 6. The molecule has 0 aliphatic rings. The van der Waals surface area contributed by atoms with Crippen LogP contribution < -0.4 is 24.3 Å². The van der Waals surface area contributed by atoms with Crippen molar-refractivity contribution in [2.24, 2.45) is 0 Å². The number of aromatic nitrogens is 4. The Morgan fingerprint density at radius 2 is 1.39 bits per heavy atom. The molecule has 0 aliphatic carbocycles. The van der Waals surface area contributed by atoms with Crippen LogP contribution in [0.25, 0.3) is 21.8 Å². The highest BCUT2D eigenvalue weighted by atomic mass is 19.4. The van der Waals surface area contributed by atoms with E-state index in [1.165, 1.54) is 14.2 Å². The van der Waals surface area contributed by atoms with Crippen molar-refractivity contribution in [3.05, 3.63) is 30.0 Å². The Kier molecular flexibility index (Phi) is 8.08. The van der Waals surface area contributed by atoms with Crippen molar-refractivity contribution in [1.82, 2.24) is 19.9 Å². The van der Waals surface area contributed by atoms with E-state index in [1.807, 2.05) is 13.0 Å². The summed E-state index contributed by atoms with van der Waals surface area (Å²) in [6.07, 6.45) is -5.08. The van der Waals surface area contributed by atoms with Crippen LogP contribution in [0.15, 0.2) is 24.3 Å². The number of halogens is 3. The smallest absolute Gasteiger partial charge is 0.490 e. The first-order valence-electron chi connectivity index (χ1n) is 10.5. The fourth-order valence-corrected chi connectivity index (χ4v) is 3.31. The zero-order valence-corrected chi connectivity index (χ0v) is 20.7. The minimum Gasteiger partial charge on any atom is -0.497 e. The van der Waals surface area contributed by atoms with E-state index in [1.54, 1.807) is 32.4 Å². The van der Waals surface area contributed by atoms with Gasteiger partial charge in [-0.2, -0.15) is 18.2 Å². The monoisotopic (exact) mass is 537 g/mol. The first-order valence-corrected chi connectivity index (χ1v) is 10.5. The van der Waals surface area contributed by atoms with E-state index in [9.17, 15) is 18.3 Å². The SMILES string of the molecule is COc1cc(OC)c2nc(Nc3nc(O)c4c(OC)ccc(OC)c4n3)nc(C)c2c1.O=C(O)C(F)(F)F. The Bertz CT molecular complexity index is 1500. The van der Waals surface area contributed by atoms with Crippen LogP contribution in [0.2, 0.25) is 0 Å². The van der Waals surface area contributed by atoms with Gasteiger partial charge < -0.3 is 29.2 Å². The van der Waals surface area contributed by atoms with Gasteiger partial charge in [-0.1, -0.05) is 0 Å². The molecular formula is C23H22F3N5O7. The van der Waals surface area contributed by atoms with Gasteiger partial charge in [0, 0.05) is 11.5 Å². The molecule has 0 saturated heterocycles. The molecule has 3 N–H and O–H groups in total. The van der Waals surface area contributed by atoms with E-state index < -0.39 is 12.1 Å². The quantitative estimate of drug-likeness (QED) is 0.325. The number of nitrogens with one attached hydrogen (secondary N) is 1. The van der Waals surface area contributed by atoms with E-state index >= 15 is 0 Å². The van der Waals surface area contributed by atoms with Crippen LogP contribution in [-0.4, -0.2) is 70.7 Å². The fourth-order valence-electron chi connectivity index (χ4n) is 3.31. The lowest BCUT2D eigenvalue weighted by Crippen LogP contribution is -2.21. The number of aryl methyl sites for hydroxylation is 1. The summed E-state index contributed by atoms with van der Waals surface area (Å²) in [5, 5.41) is 21.7. The number of ether oxygens (including phenoxy) is 4. The Morgan fingerprint density at radius 3 is 1.95 bits per heavy atom. The maximum absolute atomic E-state index is 10.6. The number of nitrogens with zero attached hydrogens (tertiary/aromatic N) is 4. The Morgan fingerprint density at radius 1 is 0.842 bits per heavy atom. The number of aromatic hydroxyl groups is 1. The number of alkyl halides is 3. The third kappa shape index (κ3) is 5.77. The van der Waals surface area contributed by atoms with E-state index in [2.05, 4.69) is 25.3 Å². The van der Waals surface area contributed by atoms with Crippen LogP contribution >= 0.6 is 0 Å². The summed E-state index contributed by atoms with van der Waals surface area (Å²) in [6, 6.07) is 6.96.